The Labute approximate surface area is 294 Å². The molecule has 9 nitrogen and oxygen atoms in total. The first-order valence-electron chi connectivity index (χ1n) is 17.8. The van der Waals surface area contributed by atoms with E-state index in [4.69, 9.17) is 4.74 Å². The standard InChI is InChI=1S/C37H52FN5O4S2/c1-26(2)22-27(3)47-35-9-7-31(24-33(35)38)49(45,46)36-25-39-34-8-6-30(48(5)44)23-32(34)37(36)43-16-12-28(13-17-43)41-14-10-29(11-15-41)42-20-18-40(4)19-21-42/h6-9,23-29H,10-22H2,1-5H3/t27?,48-/m1/s1. The maximum Gasteiger partial charge on any atom is 0.210 e. The summed E-state index contributed by atoms with van der Waals surface area (Å²) >= 11 is 0. The van der Waals surface area contributed by atoms with E-state index in [9.17, 15) is 12.6 Å². The van der Waals surface area contributed by atoms with Crippen LogP contribution in [0.1, 0.15) is 52.9 Å². The van der Waals surface area contributed by atoms with Gasteiger partial charge in [-0.3, -0.25) is 14.1 Å². The molecule has 0 amide bonds. The third-order valence-electron chi connectivity index (χ3n) is 10.6. The predicted molar refractivity (Wildman–Crippen MR) is 194 cm³/mol. The molecule has 0 saturated carbocycles. The van der Waals surface area contributed by atoms with Crippen LogP contribution in [0.3, 0.4) is 0 Å². The molecule has 3 aliphatic heterocycles. The van der Waals surface area contributed by atoms with Gasteiger partial charge in [0, 0.05) is 84.9 Å². The maximum atomic E-state index is 15.4. The molecule has 4 heterocycles. The average molecular weight is 714 g/mol. The Morgan fingerprint density at radius 2 is 1.53 bits per heavy atom. The molecule has 1 unspecified atom stereocenters. The van der Waals surface area contributed by atoms with E-state index in [0.717, 1.165) is 64.6 Å². The van der Waals surface area contributed by atoms with E-state index in [-0.39, 0.29) is 21.6 Å². The molecule has 6 rings (SSSR count). The Kier molecular flexibility index (Phi) is 11.3. The van der Waals surface area contributed by atoms with Crippen molar-refractivity contribution < 1.29 is 21.8 Å². The second-order valence-corrected chi connectivity index (χ2v) is 17.9. The molecule has 49 heavy (non-hydrogen) atoms. The minimum absolute atomic E-state index is 0.0340. The van der Waals surface area contributed by atoms with Gasteiger partial charge >= 0.3 is 0 Å². The van der Waals surface area contributed by atoms with Crippen molar-refractivity contribution >= 4 is 37.2 Å². The fourth-order valence-electron chi connectivity index (χ4n) is 7.90. The number of likely N-dealkylation sites (N-methyl/N-ethyl adjacent to an activating group) is 1. The number of benzene rings is 2. The predicted octanol–water partition coefficient (Wildman–Crippen LogP) is 5.44. The number of aromatic nitrogens is 1. The van der Waals surface area contributed by atoms with Crippen molar-refractivity contribution in [2.75, 3.05) is 70.6 Å². The first-order chi connectivity index (χ1) is 23.4. The van der Waals surface area contributed by atoms with Gasteiger partial charge in [-0.15, -0.1) is 0 Å². The molecule has 3 fully saturated rings. The number of hydrogen-bond acceptors (Lipinski definition) is 9. The van der Waals surface area contributed by atoms with Gasteiger partial charge in [0.05, 0.1) is 22.2 Å². The molecule has 2 atom stereocenters. The molecule has 0 bridgehead atoms. The largest absolute Gasteiger partial charge is 0.488 e. The molecule has 268 valence electrons. The van der Waals surface area contributed by atoms with E-state index in [0.29, 0.717) is 52.6 Å². The van der Waals surface area contributed by atoms with Crippen molar-refractivity contribution in [3.8, 4) is 5.75 Å². The molecule has 0 aliphatic carbocycles. The minimum atomic E-state index is -4.18. The number of piperazine rings is 1. The number of hydrogen-bond donors (Lipinski definition) is 0. The van der Waals surface area contributed by atoms with E-state index < -0.39 is 26.5 Å². The van der Waals surface area contributed by atoms with Crippen LogP contribution in [0.25, 0.3) is 10.9 Å². The van der Waals surface area contributed by atoms with Crippen LogP contribution in [-0.4, -0.2) is 116 Å². The maximum absolute atomic E-state index is 15.4. The highest BCUT2D eigenvalue weighted by Gasteiger charge is 2.34. The van der Waals surface area contributed by atoms with Gasteiger partial charge < -0.3 is 19.4 Å². The summed E-state index contributed by atoms with van der Waals surface area (Å²) in [7, 11) is -3.24. The molecule has 12 heteroatoms. The highest BCUT2D eigenvalue weighted by atomic mass is 32.2. The fourth-order valence-corrected chi connectivity index (χ4v) is 9.89. The Morgan fingerprint density at radius 1 is 0.898 bits per heavy atom. The number of pyridine rings is 1. The molecule has 3 aliphatic rings. The van der Waals surface area contributed by atoms with Gasteiger partial charge in [0.25, 0.3) is 0 Å². The van der Waals surface area contributed by atoms with Crippen molar-refractivity contribution in [2.24, 2.45) is 5.92 Å². The number of rotatable bonds is 10. The minimum Gasteiger partial charge on any atom is -0.488 e. The van der Waals surface area contributed by atoms with Crippen LogP contribution in [0.2, 0.25) is 0 Å². The summed E-state index contributed by atoms with van der Waals surface area (Å²) in [5, 5.41) is 0.642. The highest BCUT2D eigenvalue weighted by molar-refractivity contribution is 7.91. The Morgan fingerprint density at radius 3 is 2.14 bits per heavy atom. The zero-order valence-corrected chi connectivity index (χ0v) is 31.2. The van der Waals surface area contributed by atoms with Crippen molar-refractivity contribution in [3.05, 3.63) is 48.4 Å². The van der Waals surface area contributed by atoms with Gasteiger partial charge in [-0.1, -0.05) is 13.8 Å². The summed E-state index contributed by atoms with van der Waals surface area (Å²) < 4.78 is 62.4. The van der Waals surface area contributed by atoms with Crippen molar-refractivity contribution in [1.29, 1.82) is 0 Å². The number of halogens is 1. The lowest BCUT2D eigenvalue weighted by Gasteiger charge is -2.46. The van der Waals surface area contributed by atoms with Crippen molar-refractivity contribution in [2.45, 2.75) is 85.7 Å². The first-order valence-corrected chi connectivity index (χ1v) is 20.8. The number of piperidine rings is 2. The summed E-state index contributed by atoms with van der Waals surface area (Å²) in [6.07, 6.45) is 7.76. The van der Waals surface area contributed by atoms with Crippen LogP contribution in [-0.2, 0) is 20.6 Å². The SMILES string of the molecule is CC(C)CC(C)Oc1ccc(S(=O)(=O)c2cnc3ccc([S@@](C)=O)cc3c2N2CCC(N3CCC(N4CCN(C)CC4)CC3)CC2)cc1F. The Hall–Kier alpha value is -2.64. The zero-order chi connectivity index (χ0) is 34.9. The number of anilines is 1. The van der Waals surface area contributed by atoms with E-state index in [1.807, 2.05) is 6.92 Å². The van der Waals surface area contributed by atoms with Crippen LogP contribution in [0.15, 0.2) is 57.3 Å². The van der Waals surface area contributed by atoms with E-state index in [2.05, 4.69) is 45.5 Å². The summed E-state index contributed by atoms with van der Waals surface area (Å²) in [5.41, 5.74) is 1.18. The van der Waals surface area contributed by atoms with Gasteiger partial charge in [0.1, 0.15) is 4.90 Å². The first kappa shape index (κ1) is 36.2. The van der Waals surface area contributed by atoms with Gasteiger partial charge in [-0.05, 0) is 101 Å². The smallest absolute Gasteiger partial charge is 0.210 e. The third-order valence-corrected chi connectivity index (χ3v) is 13.3. The lowest BCUT2D eigenvalue weighted by atomic mass is 9.96. The normalized spacial score (nSPS) is 21.0. The quantitative estimate of drug-likeness (QED) is 0.273. The fraction of sp³-hybridized carbons (Fsp3) is 0.595. The van der Waals surface area contributed by atoms with Crippen LogP contribution in [0.5, 0.6) is 5.75 Å². The second-order valence-electron chi connectivity index (χ2n) is 14.6. The molecule has 0 N–H and O–H groups in total. The summed E-state index contributed by atoms with van der Waals surface area (Å²) in [6.45, 7) is 14.2. The number of nitrogens with zero attached hydrogens (tertiary/aromatic N) is 5. The Bertz CT molecular complexity index is 1750. The summed E-state index contributed by atoms with van der Waals surface area (Å²) in [6, 6.07) is 10.3. The van der Waals surface area contributed by atoms with Gasteiger partial charge in [0.15, 0.2) is 11.6 Å². The summed E-state index contributed by atoms with van der Waals surface area (Å²) in [5.74, 6) is -0.298. The van der Waals surface area contributed by atoms with Crippen LogP contribution in [0.4, 0.5) is 10.1 Å². The molecule has 2 aromatic carbocycles. The topological polar surface area (TPSA) is 86.3 Å². The Balaban J connectivity index is 1.24. The molecule has 0 spiro atoms. The molecular weight excluding hydrogens is 662 g/mol. The lowest BCUT2D eigenvalue weighted by Crippen LogP contribution is -2.54. The van der Waals surface area contributed by atoms with Gasteiger partial charge in [-0.2, -0.15) is 0 Å². The lowest BCUT2D eigenvalue weighted by molar-refractivity contribution is 0.0495. The number of ether oxygens (including phenoxy) is 1. The summed E-state index contributed by atoms with van der Waals surface area (Å²) in [4.78, 5) is 14.9. The molecule has 3 saturated heterocycles. The number of sulfone groups is 1. The second kappa shape index (κ2) is 15.3. The van der Waals surface area contributed by atoms with Gasteiger partial charge in [0.2, 0.25) is 9.84 Å². The van der Waals surface area contributed by atoms with Crippen LogP contribution in [0, 0.1) is 11.7 Å². The molecular formula is C37H52FN5O4S2. The van der Waals surface area contributed by atoms with E-state index in [1.54, 1.807) is 24.5 Å². The van der Waals surface area contributed by atoms with Crippen molar-refractivity contribution in [3.63, 3.8) is 0 Å². The van der Waals surface area contributed by atoms with E-state index >= 15 is 4.39 Å². The van der Waals surface area contributed by atoms with Crippen molar-refractivity contribution in [1.82, 2.24) is 19.7 Å². The average Bonchev–Trinajstić information content (AvgIpc) is 3.08. The molecule has 3 aromatic rings. The highest BCUT2D eigenvalue weighted by Crippen LogP contribution is 2.39. The van der Waals surface area contributed by atoms with Gasteiger partial charge in [-0.25, -0.2) is 12.8 Å². The van der Waals surface area contributed by atoms with Crippen LogP contribution < -0.4 is 9.64 Å². The molecule has 0 radical (unpaired) electrons. The van der Waals surface area contributed by atoms with Crippen LogP contribution >= 0.6 is 0 Å². The molecule has 1 aromatic heterocycles. The monoisotopic (exact) mass is 713 g/mol. The third kappa shape index (κ3) is 8.14. The number of likely N-dealkylation sites (tertiary alicyclic amines) is 1. The zero-order valence-electron chi connectivity index (χ0n) is 29.6. The van der Waals surface area contributed by atoms with E-state index in [1.165, 1.54) is 31.2 Å². The number of fused-ring (bicyclic) bond motifs is 1.